The predicted molar refractivity (Wildman–Crippen MR) is 127 cm³/mol. The molecule has 4 heterocycles. The molecule has 2 aliphatic heterocycles. The van der Waals surface area contributed by atoms with E-state index in [-0.39, 0.29) is 17.8 Å². The maximum absolute atomic E-state index is 12.9. The molecule has 2 aliphatic rings. The number of imidazole rings is 1. The third-order valence-electron chi connectivity index (χ3n) is 6.37. The van der Waals surface area contributed by atoms with Crippen molar-refractivity contribution >= 4 is 22.9 Å². The van der Waals surface area contributed by atoms with E-state index in [2.05, 4.69) is 15.0 Å². The summed E-state index contributed by atoms with van der Waals surface area (Å²) < 4.78 is 11.4. The van der Waals surface area contributed by atoms with Gasteiger partial charge in [0.1, 0.15) is 11.6 Å². The van der Waals surface area contributed by atoms with Gasteiger partial charge >= 0.3 is 0 Å². The van der Waals surface area contributed by atoms with Gasteiger partial charge in [0, 0.05) is 30.4 Å². The van der Waals surface area contributed by atoms with Gasteiger partial charge in [0.25, 0.3) is 5.91 Å². The first-order valence-electron chi connectivity index (χ1n) is 11.4. The number of nitrogens with zero attached hydrogens (tertiary/aromatic N) is 4. The van der Waals surface area contributed by atoms with E-state index in [0.29, 0.717) is 38.5 Å². The van der Waals surface area contributed by atoms with Gasteiger partial charge in [0.15, 0.2) is 0 Å². The van der Waals surface area contributed by atoms with Crippen LogP contribution in [0.1, 0.15) is 27.7 Å². The quantitative estimate of drug-likeness (QED) is 0.486. The zero-order valence-corrected chi connectivity index (χ0v) is 18.5. The molecule has 9 nitrogen and oxygen atoms in total. The minimum Gasteiger partial charge on any atom is -0.493 e. The molecule has 2 aromatic carbocycles. The van der Waals surface area contributed by atoms with E-state index in [1.165, 1.54) is 0 Å². The fourth-order valence-electron chi connectivity index (χ4n) is 4.57. The molecule has 6 rings (SSSR count). The van der Waals surface area contributed by atoms with Crippen molar-refractivity contribution in [2.24, 2.45) is 0 Å². The van der Waals surface area contributed by atoms with Crippen LogP contribution in [0.5, 0.6) is 5.75 Å². The van der Waals surface area contributed by atoms with E-state index in [4.69, 9.17) is 20.2 Å². The largest absolute Gasteiger partial charge is 0.493 e. The fourth-order valence-corrected chi connectivity index (χ4v) is 4.57. The third-order valence-corrected chi connectivity index (χ3v) is 6.37. The predicted octanol–water partition coefficient (Wildman–Crippen LogP) is 2.79. The molecule has 9 heteroatoms. The molecule has 172 valence electrons. The normalized spacial score (nSPS) is 17.9. The number of nitrogens with two attached hydrogens (primary N) is 1. The summed E-state index contributed by atoms with van der Waals surface area (Å²) in [6, 6.07) is 13.5. The molecular weight excluding hydrogens is 432 g/mol. The Labute approximate surface area is 195 Å². The van der Waals surface area contributed by atoms with Gasteiger partial charge in [-0.15, -0.1) is 0 Å². The Balaban J connectivity index is 1.25. The van der Waals surface area contributed by atoms with Gasteiger partial charge in [-0.05, 0) is 48.4 Å². The number of fused-ring (bicyclic) bond motifs is 2. The van der Waals surface area contributed by atoms with Crippen LogP contribution in [0.4, 0.5) is 5.95 Å². The summed E-state index contributed by atoms with van der Waals surface area (Å²) in [4.78, 5) is 31.3. The number of anilines is 1. The SMILES string of the molecule is Nc1nccc(-c2ccc3nc(C4COc5ccc(C(=O)N6CCOCC6)cc5C4)[nH]c3c2)n1. The molecule has 0 radical (unpaired) electrons. The van der Waals surface area contributed by atoms with Crippen molar-refractivity contribution in [3.05, 3.63) is 65.6 Å². The van der Waals surface area contributed by atoms with Crippen molar-refractivity contribution in [2.45, 2.75) is 12.3 Å². The van der Waals surface area contributed by atoms with Crippen LogP contribution >= 0.6 is 0 Å². The summed E-state index contributed by atoms with van der Waals surface area (Å²) in [6.45, 7) is 2.94. The summed E-state index contributed by atoms with van der Waals surface area (Å²) in [6.07, 6.45) is 2.39. The van der Waals surface area contributed by atoms with E-state index in [9.17, 15) is 4.79 Å². The maximum Gasteiger partial charge on any atom is 0.254 e. The second kappa shape index (κ2) is 8.42. The first-order valence-corrected chi connectivity index (χ1v) is 11.4. The number of nitrogens with one attached hydrogen (secondary N) is 1. The number of carbonyl (C=O) groups is 1. The van der Waals surface area contributed by atoms with Crippen LogP contribution in [0.3, 0.4) is 0 Å². The molecule has 1 unspecified atom stereocenters. The Morgan fingerprint density at radius 3 is 2.82 bits per heavy atom. The topological polar surface area (TPSA) is 119 Å². The van der Waals surface area contributed by atoms with Gasteiger partial charge in [-0.3, -0.25) is 4.79 Å². The highest BCUT2D eigenvalue weighted by Crippen LogP contribution is 2.33. The zero-order valence-electron chi connectivity index (χ0n) is 18.5. The van der Waals surface area contributed by atoms with Crippen molar-refractivity contribution in [3.63, 3.8) is 0 Å². The third kappa shape index (κ3) is 3.84. The maximum atomic E-state index is 12.9. The number of amides is 1. The van der Waals surface area contributed by atoms with Crippen molar-refractivity contribution in [1.29, 1.82) is 0 Å². The van der Waals surface area contributed by atoms with Gasteiger partial charge in [0.2, 0.25) is 5.95 Å². The molecule has 1 atom stereocenters. The zero-order chi connectivity index (χ0) is 23.1. The number of ether oxygens (including phenoxy) is 2. The molecule has 3 N–H and O–H groups in total. The van der Waals surface area contributed by atoms with E-state index in [1.807, 2.05) is 47.4 Å². The fraction of sp³-hybridized carbons (Fsp3) is 0.280. The van der Waals surface area contributed by atoms with Gasteiger partial charge in [-0.1, -0.05) is 6.07 Å². The van der Waals surface area contributed by atoms with Crippen molar-refractivity contribution in [1.82, 2.24) is 24.8 Å². The highest BCUT2D eigenvalue weighted by molar-refractivity contribution is 5.94. The van der Waals surface area contributed by atoms with Gasteiger partial charge in [-0.2, -0.15) is 0 Å². The van der Waals surface area contributed by atoms with Crippen LogP contribution in [0.25, 0.3) is 22.3 Å². The molecule has 0 aliphatic carbocycles. The number of hydrogen-bond acceptors (Lipinski definition) is 7. The minimum atomic E-state index is 0.0369. The number of benzene rings is 2. The molecule has 0 saturated carbocycles. The van der Waals surface area contributed by atoms with Crippen LogP contribution in [0, 0.1) is 0 Å². The molecule has 0 bridgehead atoms. The van der Waals surface area contributed by atoms with Crippen molar-refractivity contribution < 1.29 is 14.3 Å². The lowest BCUT2D eigenvalue weighted by Gasteiger charge is -2.28. The number of nitrogen functional groups attached to an aromatic ring is 1. The number of aromatic nitrogens is 4. The van der Waals surface area contributed by atoms with E-state index in [0.717, 1.165) is 45.8 Å². The van der Waals surface area contributed by atoms with E-state index in [1.54, 1.807) is 6.20 Å². The average Bonchev–Trinajstić information content (AvgIpc) is 3.32. The Hall–Kier alpha value is -3.98. The van der Waals surface area contributed by atoms with Crippen molar-refractivity contribution in [2.75, 3.05) is 38.6 Å². The highest BCUT2D eigenvalue weighted by Gasteiger charge is 2.26. The van der Waals surface area contributed by atoms with Crippen LogP contribution in [0.15, 0.2) is 48.7 Å². The molecule has 2 aromatic heterocycles. The number of rotatable bonds is 3. The molecular formula is C25H24N6O3. The Bertz CT molecular complexity index is 1380. The number of H-pyrrole nitrogens is 1. The summed E-state index contributed by atoms with van der Waals surface area (Å²) >= 11 is 0. The molecule has 0 spiro atoms. The van der Waals surface area contributed by atoms with Crippen LogP contribution in [0.2, 0.25) is 0 Å². The number of aromatic amines is 1. The lowest BCUT2D eigenvalue weighted by atomic mass is 9.94. The summed E-state index contributed by atoms with van der Waals surface area (Å²) in [5, 5.41) is 0. The summed E-state index contributed by atoms with van der Waals surface area (Å²) in [5.74, 6) is 2.04. The Kier molecular flexibility index (Phi) is 5.10. The molecule has 1 amide bonds. The van der Waals surface area contributed by atoms with Crippen LogP contribution in [-0.2, 0) is 11.2 Å². The van der Waals surface area contributed by atoms with Gasteiger partial charge < -0.3 is 25.1 Å². The molecule has 1 fully saturated rings. The second-order valence-electron chi connectivity index (χ2n) is 8.59. The van der Waals surface area contributed by atoms with Gasteiger partial charge in [0.05, 0.1) is 42.5 Å². The monoisotopic (exact) mass is 456 g/mol. The lowest BCUT2D eigenvalue weighted by Crippen LogP contribution is -2.40. The molecule has 4 aromatic rings. The standard InChI is InChI=1S/C25H24N6O3/c26-25-27-6-5-19(30-25)15-1-3-20-21(13-15)29-23(28-20)18-12-17-11-16(2-4-22(17)34-14-18)24(32)31-7-9-33-10-8-31/h1-6,11,13,18H,7-10,12,14H2,(H,28,29)(H2,26,27,30). The second-order valence-corrected chi connectivity index (χ2v) is 8.59. The first kappa shape index (κ1) is 20.6. The number of hydrogen-bond donors (Lipinski definition) is 2. The molecule has 1 saturated heterocycles. The van der Waals surface area contributed by atoms with E-state index < -0.39 is 0 Å². The smallest absolute Gasteiger partial charge is 0.254 e. The summed E-state index contributed by atoms with van der Waals surface area (Å²) in [7, 11) is 0. The van der Waals surface area contributed by atoms with Crippen LogP contribution in [-0.4, -0.2) is 63.7 Å². The number of morpholine rings is 1. The Morgan fingerprint density at radius 1 is 1.09 bits per heavy atom. The Morgan fingerprint density at radius 2 is 1.97 bits per heavy atom. The lowest BCUT2D eigenvalue weighted by molar-refractivity contribution is 0.0302. The van der Waals surface area contributed by atoms with Crippen molar-refractivity contribution in [3.8, 4) is 17.0 Å². The highest BCUT2D eigenvalue weighted by atomic mass is 16.5. The van der Waals surface area contributed by atoms with Gasteiger partial charge in [-0.25, -0.2) is 15.0 Å². The minimum absolute atomic E-state index is 0.0369. The molecule has 34 heavy (non-hydrogen) atoms. The average molecular weight is 457 g/mol. The summed E-state index contributed by atoms with van der Waals surface area (Å²) in [5.41, 5.74) is 10.9. The van der Waals surface area contributed by atoms with E-state index >= 15 is 0 Å². The first-order chi connectivity index (χ1) is 16.6. The number of carbonyl (C=O) groups excluding carboxylic acids is 1. The van der Waals surface area contributed by atoms with Crippen LogP contribution < -0.4 is 10.5 Å².